The van der Waals surface area contributed by atoms with Gasteiger partial charge < -0.3 is 5.32 Å². The van der Waals surface area contributed by atoms with Gasteiger partial charge in [0.25, 0.3) is 0 Å². The average Bonchev–Trinajstić information content (AvgIpc) is 2.49. The highest BCUT2D eigenvalue weighted by Gasteiger charge is 2.27. The van der Waals surface area contributed by atoms with Crippen LogP contribution in [0.4, 0.5) is 0 Å². The first-order valence-corrected chi connectivity index (χ1v) is 6.68. The number of hydrogen-bond donors (Lipinski definition) is 1. The Labute approximate surface area is 101 Å². The van der Waals surface area contributed by atoms with Gasteiger partial charge in [-0.05, 0) is 18.8 Å². The minimum absolute atomic E-state index is 0.0975. The molecule has 1 aliphatic heterocycles. The van der Waals surface area contributed by atoms with E-state index >= 15 is 0 Å². The van der Waals surface area contributed by atoms with E-state index in [2.05, 4.69) is 17.3 Å². The smallest absolute Gasteiger partial charge is 0.313 e. The summed E-state index contributed by atoms with van der Waals surface area (Å²) in [6, 6.07) is 0.326. The molecule has 5 nitrogen and oxygen atoms in total. The second-order valence-corrected chi connectivity index (χ2v) is 5.21. The Morgan fingerprint density at radius 1 is 1.41 bits per heavy atom. The van der Waals surface area contributed by atoms with Gasteiger partial charge in [-0.25, -0.2) is 9.48 Å². The van der Waals surface area contributed by atoms with Crippen molar-refractivity contribution < 1.29 is 0 Å². The zero-order valence-electron chi connectivity index (χ0n) is 10.4. The molecule has 0 amide bonds. The normalized spacial score (nSPS) is 21.2. The summed E-state index contributed by atoms with van der Waals surface area (Å²) in [5, 5.41) is 7.71. The second-order valence-electron chi connectivity index (χ2n) is 5.21. The first kappa shape index (κ1) is 11.0. The third kappa shape index (κ3) is 1.82. The molecule has 1 aromatic rings. The van der Waals surface area contributed by atoms with Gasteiger partial charge in [-0.3, -0.25) is 4.57 Å². The standard InChI is InChI=1S/C12H20N4O/c1-2-11-14-15(8-9-4-3-5-9)12(17)16(11)10-6-13-7-10/h9-10,13H,2-8H2,1H3. The number of aromatic nitrogens is 3. The topological polar surface area (TPSA) is 51.9 Å². The van der Waals surface area contributed by atoms with Gasteiger partial charge in [0.2, 0.25) is 0 Å². The highest BCUT2D eigenvalue weighted by molar-refractivity contribution is 4.95. The van der Waals surface area contributed by atoms with E-state index in [1.165, 1.54) is 19.3 Å². The van der Waals surface area contributed by atoms with Crippen molar-refractivity contribution in [2.75, 3.05) is 13.1 Å². The van der Waals surface area contributed by atoms with Crippen molar-refractivity contribution in [2.24, 2.45) is 5.92 Å². The van der Waals surface area contributed by atoms with Crippen molar-refractivity contribution >= 4 is 0 Å². The number of hydrogen-bond acceptors (Lipinski definition) is 3. The Bertz CT molecular complexity index is 454. The van der Waals surface area contributed by atoms with Gasteiger partial charge in [0.05, 0.1) is 6.04 Å². The zero-order valence-corrected chi connectivity index (χ0v) is 10.4. The molecule has 0 spiro atoms. The van der Waals surface area contributed by atoms with Crippen LogP contribution in [0.15, 0.2) is 4.79 Å². The van der Waals surface area contributed by atoms with Crippen LogP contribution in [0.25, 0.3) is 0 Å². The summed E-state index contributed by atoms with van der Waals surface area (Å²) in [7, 11) is 0. The van der Waals surface area contributed by atoms with Gasteiger partial charge in [0.15, 0.2) is 0 Å². The highest BCUT2D eigenvalue weighted by Crippen LogP contribution is 2.27. The quantitative estimate of drug-likeness (QED) is 0.830. The zero-order chi connectivity index (χ0) is 11.8. The molecule has 2 fully saturated rings. The van der Waals surface area contributed by atoms with Crippen LogP contribution in [-0.2, 0) is 13.0 Å². The lowest BCUT2D eigenvalue weighted by Gasteiger charge is -2.28. The summed E-state index contributed by atoms with van der Waals surface area (Å²) in [5.41, 5.74) is 0.0975. The van der Waals surface area contributed by atoms with E-state index in [4.69, 9.17) is 0 Å². The van der Waals surface area contributed by atoms with E-state index in [0.29, 0.717) is 12.0 Å². The highest BCUT2D eigenvalue weighted by atomic mass is 16.2. The molecule has 2 heterocycles. The van der Waals surface area contributed by atoms with Crippen LogP contribution in [0.5, 0.6) is 0 Å². The average molecular weight is 236 g/mol. The predicted octanol–water partition coefficient (Wildman–Crippen LogP) is 0.552. The number of nitrogens with one attached hydrogen (secondary N) is 1. The van der Waals surface area contributed by atoms with Gasteiger partial charge in [-0.2, -0.15) is 5.10 Å². The minimum Gasteiger partial charge on any atom is -0.313 e. The van der Waals surface area contributed by atoms with E-state index in [0.717, 1.165) is 31.9 Å². The maximum Gasteiger partial charge on any atom is 0.346 e. The molecule has 0 aromatic carbocycles. The van der Waals surface area contributed by atoms with Crippen LogP contribution in [-0.4, -0.2) is 27.4 Å². The van der Waals surface area contributed by atoms with Crippen molar-refractivity contribution in [2.45, 2.75) is 45.2 Å². The molecule has 17 heavy (non-hydrogen) atoms. The number of aryl methyl sites for hydroxylation is 1. The fourth-order valence-electron chi connectivity index (χ4n) is 2.57. The lowest BCUT2D eigenvalue weighted by Crippen LogP contribution is -2.47. The summed E-state index contributed by atoms with van der Waals surface area (Å²) in [6.07, 6.45) is 4.66. The molecule has 0 bridgehead atoms. The largest absolute Gasteiger partial charge is 0.346 e. The summed E-state index contributed by atoms with van der Waals surface area (Å²) in [6.45, 7) is 4.70. The van der Waals surface area contributed by atoms with Crippen LogP contribution in [0, 0.1) is 5.92 Å². The van der Waals surface area contributed by atoms with Gasteiger partial charge in [0.1, 0.15) is 5.82 Å². The van der Waals surface area contributed by atoms with Crippen molar-refractivity contribution in [1.82, 2.24) is 19.7 Å². The minimum atomic E-state index is 0.0975. The van der Waals surface area contributed by atoms with Crippen LogP contribution in [0.1, 0.15) is 38.1 Å². The number of nitrogens with zero attached hydrogens (tertiary/aromatic N) is 3. The fourth-order valence-corrected chi connectivity index (χ4v) is 2.57. The molecule has 5 heteroatoms. The molecule has 0 atom stereocenters. The summed E-state index contributed by atoms with van der Waals surface area (Å²) < 4.78 is 3.59. The summed E-state index contributed by atoms with van der Waals surface area (Å²) >= 11 is 0. The van der Waals surface area contributed by atoms with E-state index in [9.17, 15) is 4.79 Å². The van der Waals surface area contributed by atoms with E-state index in [1.807, 2.05) is 4.57 Å². The van der Waals surface area contributed by atoms with E-state index in [-0.39, 0.29) is 5.69 Å². The van der Waals surface area contributed by atoms with Crippen LogP contribution in [0.3, 0.4) is 0 Å². The maximum absolute atomic E-state index is 12.3. The van der Waals surface area contributed by atoms with E-state index in [1.54, 1.807) is 4.68 Å². The Morgan fingerprint density at radius 3 is 2.65 bits per heavy atom. The lowest BCUT2D eigenvalue weighted by atomic mass is 9.85. The molecule has 1 saturated carbocycles. The first-order chi connectivity index (χ1) is 8.29. The fraction of sp³-hybridized carbons (Fsp3) is 0.833. The molecule has 1 aliphatic carbocycles. The molecule has 3 rings (SSSR count). The maximum atomic E-state index is 12.3. The molecule has 1 aromatic heterocycles. The Hall–Kier alpha value is -1.10. The third-order valence-corrected chi connectivity index (χ3v) is 4.04. The SMILES string of the molecule is CCc1nn(CC2CCC2)c(=O)n1C1CNC1. The van der Waals surface area contributed by atoms with Crippen LogP contribution >= 0.6 is 0 Å². The lowest BCUT2D eigenvalue weighted by molar-refractivity contribution is 0.260. The molecule has 0 unspecified atom stereocenters. The molecule has 94 valence electrons. The molecule has 2 aliphatic rings. The molecular weight excluding hydrogens is 216 g/mol. The Balaban J connectivity index is 1.87. The van der Waals surface area contributed by atoms with Crippen molar-refractivity contribution in [1.29, 1.82) is 0 Å². The van der Waals surface area contributed by atoms with Crippen molar-refractivity contribution in [3.63, 3.8) is 0 Å². The number of rotatable bonds is 4. The Morgan fingerprint density at radius 2 is 2.18 bits per heavy atom. The van der Waals surface area contributed by atoms with Crippen LogP contribution < -0.4 is 11.0 Å². The molecular formula is C12H20N4O. The van der Waals surface area contributed by atoms with Crippen molar-refractivity contribution in [3.8, 4) is 0 Å². The third-order valence-electron chi connectivity index (χ3n) is 4.04. The monoisotopic (exact) mass is 236 g/mol. The van der Waals surface area contributed by atoms with E-state index < -0.39 is 0 Å². The molecule has 1 saturated heterocycles. The van der Waals surface area contributed by atoms with Gasteiger partial charge in [-0.15, -0.1) is 0 Å². The van der Waals surface area contributed by atoms with Gasteiger partial charge >= 0.3 is 5.69 Å². The molecule has 1 N–H and O–H groups in total. The predicted molar refractivity (Wildman–Crippen MR) is 65.1 cm³/mol. The second kappa shape index (κ2) is 4.29. The summed E-state index contributed by atoms with van der Waals surface area (Å²) in [4.78, 5) is 12.3. The Kier molecular flexibility index (Phi) is 2.78. The summed E-state index contributed by atoms with van der Waals surface area (Å²) in [5.74, 6) is 1.63. The van der Waals surface area contributed by atoms with Gasteiger partial charge in [-0.1, -0.05) is 13.3 Å². The van der Waals surface area contributed by atoms with Crippen LogP contribution in [0.2, 0.25) is 0 Å². The van der Waals surface area contributed by atoms with Crippen molar-refractivity contribution in [3.05, 3.63) is 16.3 Å². The molecule has 0 radical (unpaired) electrons. The first-order valence-electron chi connectivity index (χ1n) is 6.68. The van der Waals surface area contributed by atoms with Gasteiger partial charge in [0, 0.05) is 26.1 Å².